The lowest BCUT2D eigenvalue weighted by atomic mass is 10.1. The molecule has 30 heavy (non-hydrogen) atoms. The number of sulfonamides is 1. The van der Waals surface area contributed by atoms with Gasteiger partial charge in [-0.2, -0.15) is 0 Å². The maximum absolute atomic E-state index is 13.0. The maximum atomic E-state index is 13.0. The van der Waals surface area contributed by atoms with E-state index in [2.05, 4.69) is 11.3 Å². The first-order valence-electron chi connectivity index (χ1n) is 9.30. The number of hydrogen-bond acceptors (Lipinski definition) is 4. The van der Waals surface area contributed by atoms with Gasteiger partial charge in [0.05, 0.1) is 15.6 Å². The summed E-state index contributed by atoms with van der Waals surface area (Å²) in [5.41, 5.74) is 0.954. The molecule has 0 heterocycles. The highest BCUT2D eigenvalue weighted by Crippen LogP contribution is 2.31. The number of carbonyl (C=O) groups is 1. The van der Waals surface area contributed by atoms with Crippen molar-refractivity contribution in [3.05, 3.63) is 70.2 Å². The van der Waals surface area contributed by atoms with Gasteiger partial charge in [-0.05, 0) is 42.7 Å². The van der Waals surface area contributed by atoms with E-state index in [1.165, 1.54) is 17.0 Å². The van der Waals surface area contributed by atoms with Gasteiger partial charge < -0.3 is 9.64 Å². The summed E-state index contributed by atoms with van der Waals surface area (Å²) in [7, 11) is -2.21. The topological polar surface area (TPSA) is 75.7 Å². The summed E-state index contributed by atoms with van der Waals surface area (Å²) in [5, 5.41) is 0.0675. The monoisotopic (exact) mass is 468 g/mol. The summed E-state index contributed by atoms with van der Waals surface area (Å²) in [5.74, 6) is 0.290. The Labute approximate surface area is 186 Å². The van der Waals surface area contributed by atoms with Crippen LogP contribution in [0.5, 0.6) is 5.75 Å². The van der Waals surface area contributed by atoms with Crippen molar-refractivity contribution in [3.63, 3.8) is 0 Å². The van der Waals surface area contributed by atoms with E-state index >= 15 is 0 Å². The maximum Gasteiger partial charge on any atom is 0.255 e. The van der Waals surface area contributed by atoms with Crippen LogP contribution >= 0.6 is 23.2 Å². The van der Waals surface area contributed by atoms with Crippen LogP contribution in [-0.2, 0) is 16.6 Å². The minimum atomic E-state index is -3.83. The number of amides is 1. The molecule has 0 saturated heterocycles. The van der Waals surface area contributed by atoms with E-state index in [1.807, 2.05) is 12.1 Å². The Bertz CT molecular complexity index is 1050. The lowest BCUT2D eigenvalue weighted by Crippen LogP contribution is -2.28. The number of halogens is 2. The second-order valence-electron chi connectivity index (χ2n) is 7.06. The minimum Gasteiger partial charge on any atom is -0.490 e. The van der Waals surface area contributed by atoms with E-state index in [-0.39, 0.29) is 26.5 Å². The highest BCUT2D eigenvalue weighted by atomic mass is 35.5. The Kier molecular flexibility index (Phi) is 7.08. The molecule has 1 aliphatic rings. The third-order valence-electron chi connectivity index (χ3n) is 4.50. The molecule has 0 radical (unpaired) electrons. The van der Waals surface area contributed by atoms with E-state index in [1.54, 1.807) is 25.3 Å². The van der Waals surface area contributed by atoms with Crippen molar-refractivity contribution in [1.29, 1.82) is 0 Å². The van der Waals surface area contributed by atoms with Gasteiger partial charge in [-0.15, -0.1) is 0 Å². The fourth-order valence-corrected chi connectivity index (χ4v) is 4.94. The fourth-order valence-electron chi connectivity index (χ4n) is 2.78. The predicted molar refractivity (Wildman–Crippen MR) is 118 cm³/mol. The third kappa shape index (κ3) is 5.55. The number of rotatable bonds is 9. The molecule has 1 N–H and O–H groups in total. The van der Waals surface area contributed by atoms with Gasteiger partial charge in [-0.1, -0.05) is 48.0 Å². The SMILES string of the molecule is C=CCOc1ccc(CN(C)C(=O)c2cc(S(=O)(=O)NC3CC3)c(Cl)cc2Cl)cc1. The highest BCUT2D eigenvalue weighted by Gasteiger charge is 2.30. The van der Waals surface area contributed by atoms with Gasteiger partial charge in [0.1, 0.15) is 17.3 Å². The lowest BCUT2D eigenvalue weighted by Gasteiger charge is -2.19. The normalized spacial score (nSPS) is 13.7. The largest absolute Gasteiger partial charge is 0.490 e. The zero-order valence-electron chi connectivity index (χ0n) is 16.4. The van der Waals surface area contributed by atoms with Crippen molar-refractivity contribution in [1.82, 2.24) is 9.62 Å². The molecule has 1 saturated carbocycles. The number of hydrogen-bond donors (Lipinski definition) is 1. The van der Waals surface area contributed by atoms with Gasteiger partial charge in [0, 0.05) is 19.6 Å². The van der Waals surface area contributed by atoms with Crippen LogP contribution in [0.25, 0.3) is 0 Å². The molecule has 6 nitrogen and oxygen atoms in total. The van der Waals surface area contributed by atoms with Gasteiger partial charge in [-0.3, -0.25) is 4.79 Å². The van der Waals surface area contributed by atoms with Crippen LogP contribution in [-0.4, -0.2) is 38.9 Å². The van der Waals surface area contributed by atoms with Crippen LogP contribution < -0.4 is 9.46 Å². The Morgan fingerprint density at radius 2 is 1.90 bits per heavy atom. The first kappa shape index (κ1) is 22.6. The standard InChI is InChI=1S/C21H22Cl2N2O4S/c1-3-10-29-16-8-4-14(5-9-16)13-25(2)21(26)17-11-20(19(23)12-18(17)22)30(27,28)24-15-6-7-15/h3-5,8-9,11-12,15,24H,1,6-7,10,13H2,2H3. The number of ether oxygens (including phenoxy) is 1. The second kappa shape index (κ2) is 9.39. The van der Waals surface area contributed by atoms with Gasteiger partial charge in [0.15, 0.2) is 0 Å². The molecule has 0 bridgehead atoms. The summed E-state index contributed by atoms with van der Waals surface area (Å²) in [6.45, 7) is 4.32. The van der Waals surface area contributed by atoms with E-state index in [9.17, 15) is 13.2 Å². The van der Waals surface area contributed by atoms with E-state index in [0.29, 0.717) is 18.9 Å². The van der Waals surface area contributed by atoms with Gasteiger partial charge in [-0.25, -0.2) is 13.1 Å². The molecule has 0 spiro atoms. The summed E-state index contributed by atoms with van der Waals surface area (Å²) in [6.07, 6.45) is 3.23. The Morgan fingerprint density at radius 3 is 2.50 bits per heavy atom. The van der Waals surface area contributed by atoms with Gasteiger partial charge >= 0.3 is 0 Å². The number of carbonyl (C=O) groups excluding carboxylic acids is 1. The molecule has 1 aliphatic carbocycles. The van der Waals surface area contributed by atoms with Crippen molar-refractivity contribution in [2.75, 3.05) is 13.7 Å². The number of benzene rings is 2. The third-order valence-corrected chi connectivity index (χ3v) is 6.80. The predicted octanol–water partition coefficient (Wildman–Crippen LogP) is 4.27. The average molecular weight is 469 g/mol. The van der Waals surface area contributed by atoms with Gasteiger partial charge in [0.2, 0.25) is 10.0 Å². The molecule has 1 fully saturated rings. The molecule has 160 valence electrons. The van der Waals surface area contributed by atoms with Crippen LogP contribution in [0.2, 0.25) is 10.0 Å². The molecule has 0 unspecified atom stereocenters. The second-order valence-corrected chi connectivity index (χ2v) is 9.56. The fraction of sp³-hybridized carbons (Fsp3) is 0.286. The van der Waals surface area contributed by atoms with Crippen molar-refractivity contribution < 1.29 is 17.9 Å². The van der Waals surface area contributed by atoms with Crippen LogP contribution in [0.1, 0.15) is 28.8 Å². The number of nitrogens with one attached hydrogen (secondary N) is 1. The minimum absolute atomic E-state index is 0.0255. The molecule has 2 aromatic carbocycles. The molecule has 1 amide bonds. The zero-order chi connectivity index (χ0) is 21.9. The number of nitrogens with zero attached hydrogens (tertiary/aromatic N) is 1. The lowest BCUT2D eigenvalue weighted by molar-refractivity contribution is 0.0785. The summed E-state index contributed by atoms with van der Waals surface area (Å²) >= 11 is 12.3. The molecule has 3 rings (SSSR count). The highest BCUT2D eigenvalue weighted by molar-refractivity contribution is 7.89. The molecule has 0 atom stereocenters. The molecule has 9 heteroatoms. The first-order chi connectivity index (χ1) is 14.2. The van der Waals surface area contributed by atoms with Crippen LogP contribution in [0.15, 0.2) is 53.9 Å². The molecule has 0 aliphatic heterocycles. The van der Waals surface area contributed by atoms with E-state index in [4.69, 9.17) is 27.9 Å². The first-order valence-corrected chi connectivity index (χ1v) is 11.5. The average Bonchev–Trinajstić information content (AvgIpc) is 3.50. The molecular weight excluding hydrogens is 447 g/mol. The summed E-state index contributed by atoms with van der Waals surface area (Å²) in [6, 6.07) is 9.75. The van der Waals surface area contributed by atoms with E-state index < -0.39 is 15.9 Å². The Balaban J connectivity index is 1.78. The molecular formula is C21H22Cl2N2O4S. The quantitative estimate of drug-likeness (QED) is 0.557. The van der Waals surface area contributed by atoms with Crippen molar-refractivity contribution in [3.8, 4) is 5.75 Å². The van der Waals surface area contributed by atoms with Crippen LogP contribution in [0.3, 0.4) is 0 Å². The van der Waals surface area contributed by atoms with E-state index in [0.717, 1.165) is 18.4 Å². The Hall–Kier alpha value is -2.06. The van der Waals surface area contributed by atoms with Crippen molar-refractivity contribution >= 4 is 39.1 Å². The smallest absolute Gasteiger partial charge is 0.255 e. The van der Waals surface area contributed by atoms with Crippen molar-refractivity contribution in [2.24, 2.45) is 0 Å². The molecule has 0 aromatic heterocycles. The summed E-state index contributed by atoms with van der Waals surface area (Å²) < 4.78 is 33.2. The van der Waals surface area contributed by atoms with Crippen LogP contribution in [0.4, 0.5) is 0 Å². The van der Waals surface area contributed by atoms with Crippen molar-refractivity contribution in [2.45, 2.75) is 30.3 Å². The van der Waals surface area contributed by atoms with Crippen LogP contribution in [0, 0.1) is 0 Å². The van der Waals surface area contributed by atoms with Gasteiger partial charge in [0.25, 0.3) is 5.91 Å². The Morgan fingerprint density at radius 1 is 1.23 bits per heavy atom. The molecule has 2 aromatic rings. The zero-order valence-corrected chi connectivity index (χ0v) is 18.7. The summed E-state index contributed by atoms with van der Waals surface area (Å²) in [4.78, 5) is 14.3.